The molecule has 0 unspecified atom stereocenters. The lowest BCUT2D eigenvalue weighted by Crippen LogP contribution is -2.39. The average Bonchev–Trinajstić information content (AvgIpc) is 2.29. The smallest absolute Gasteiger partial charge is 0.0399 e. The average molecular weight is 218 g/mol. The second-order valence-electron chi connectivity index (χ2n) is 4.80. The molecule has 1 aliphatic rings. The first-order valence-corrected chi connectivity index (χ1v) is 6.35. The molecule has 1 aromatic rings. The van der Waals surface area contributed by atoms with Crippen molar-refractivity contribution in [3.8, 4) is 0 Å². The standard InChI is InChI=1S/C14H22N2/c1-3-13-6-4-5-9-16(13)14-8-7-12(15)10-11(14)2/h7-8,10,13H,3-6,9,15H2,1-2H3/t13-/m0/s1. The molecule has 88 valence electrons. The van der Waals surface area contributed by atoms with Crippen LogP contribution in [0, 0.1) is 6.92 Å². The Kier molecular flexibility index (Phi) is 3.37. The van der Waals surface area contributed by atoms with E-state index < -0.39 is 0 Å². The van der Waals surface area contributed by atoms with Gasteiger partial charge < -0.3 is 10.6 Å². The van der Waals surface area contributed by atoms with Crippen LogP contribution in [0.5, 0.6) is 0 Å². The van der Waals surface area contributed by atoms with E-state index in [2.05, 4.69) is 30.9 Å². The molecule has 0 aromatic heterocycles. The molecule has 0 amide bonds. The summed E-state index contributed by atoms with van der Waals surface area (Å²) in [4.78, 5) is 2.57. The maximum atomic E-state index is 5.81. The summed E-state index contributed by atoms with van der Waals surface area (Å²) in [5.74, 6) is 0. The van der Waals surface area contributed by atoms with E-state index in [4.69, 9.17) is 5.73 Å². The summed E-state index contributed by atoms with van der Waals surface area (Å²) in [7, 11) is 0. The van der Waals surface area contributed by atoms with Gasteiger partial charge in [-0.25, -0.2) is 0 Å². The Morgan fingerprint density at radius 3 is 2.88 bits per heavy atom. The van der Waals surface area contributed by atoms with Gasteiger partial charge in [0.1, 0.15) is 0 Å². The molecule has 16 heavy (non-hydrogen) atoms. The van der Waals surface area contributed by atoms with Gasteiger partial charge in [0, 0.05) is 24.0 Å². The number of hydrogen-bond acceptors (Lipinski definition) is 2. The fraction of sp³-hybridized carbons (Fsp3) is 0.571. The lowest BCUT2D eigenvalue weighted by atomic mass is 9.98. The Labute approximate surface area is 98.4 Å². The van der Waals surface area contributed by atoms with E-state index in [1.54, 1.807) is 0 Å². The fourth-order valence-electron chi connectivity index (χ4n) is 2.74. The summed E-state index contributed by atoms with van der Waals surface area (Å²) in [5.41, 5.74) is 9.35. The largest absolute Gasteiger partial charge is 0.399 e. The quantitative estimate of drug-likeness (QED) is 0.771. The molecule has 2 N–H and O–H groups in total. The van der Waals surface area contributed by atoms with Gasteiger partial charge in [-0.2, -0.15) is 0 Å². The molecule has 1 atom stereocenters. The molecule has 0 saturated carbocycles. The second-order valence-corrected chi connectivity index (χ2v) is 4.80. The summed E-state index contributed by atoms with van der Waals surface area (Å²) in [6, 6.07) is 7.00. The molecule has 0 spiro atoms. The highest BCUT2D eigenvalue weighted by Gasteiger charge is 2.21. The van der Waals surface area contributed by atoms with Crippen molar-refractivity contribution in [3.05, 3.63) is 23.8 Å². The topological polar surface area (TPSA) is 29.3 Å². The number of rotatable bonds is 2. The minimum atomic E-state index is 0.719. The zero-order valence-electron chi connectivity index (χ0n) is 10.4. The number of nitrogen functional groups attached to an aromatic ring is 1. The first-order chi connectivity index (χ1) is 7.72. The van der Waals surface area contributed by atoms with Crippen LogP contribution in [0.1, 0.15) is 38.2 Å². The lowest BCUT2D eigenvalue weighted by Gasteiger charge is -2.38. The van der Waals surface area contributed by atoms with E-state index in [0.29, 0.717) is 0 Å². The molecule has 1 aliphatic heterocycles. The molecule has 2 heteroatoms. The van der Waals surface area contributed by atoms with Crippen LogP contribution in [0.25, 0.3) is 0 Å². The van der Waals surface area contributed by atoms with Gasteiger partial charge >= 0.3 is 0 Å². The number of piperidine rings is 1. The van der Waals surface area contributed by atoms with Gasteiger partial charge in [-0.3, -0.25) is 0 Å². The van der Waals surface area contributed by atoms with E-state index in [0.717, 1.165) is 11.7 Å². The Morgan fingerprint density at radius 1 is 1.38 bits per heavy atom. The van der Waals surface area contributed by atoms with Crippen molar-refractivity contribution >= 4 is 11.4 Å². The third-order valence-electron chi connectivity index (χ3n) is 3.63. The van der Waals surface area contributed by atoms with Gasteiger partial charge in [0.05, 0.1) is 0 Å². The highest BCUT2D eigenvalue weighted by atomic mass is 15.2. The Balaban J connectivity index is 2.27. The third-order valence-corrected chi connectivity index (χ3v) is 3.63. The van der Waals surface area contributed by atoms with Crippen molar-refractivity contribution in [2.45, 2.75) is 45.6 Å². The van der Waals surface area contributed by atoms with Crippen molar-refractivity contribution in [2.24, 2.45) is 0 Å². The maximum absolute atomic E-state index is 5.81. The number of benzene rings is 1. The van der Waals surface area contributed by atoms with Gasteiger partial charge in [-0.15, -0.1) is 0 Å². The van der Waals surface area contributed by atoms with Crippen LogP contribution in [0.2, 0.25) is 0 Å². The van der Waals surface area contributed by atoms with Crippen molar-refractivity contribution in [2.75, 3.05) is 17.2 Å². The molecule has 1 aromatic carbocycles. The number of hydrogen-bond donors (Lipinski definition) is 1. The molecule has 0 radical (unpaired) electrons. The van der Waals surface area contributed by atoms with E-state index in [9.17, 15) is 0 Å². The van der Waals surface area contributed by atoms with Gasteiger partial charge in [-0.1, -0.05) is 6.92 Å². The van der Waals surface area contributed by atoms with Crippen LogP contribution in [-0.4, -0.2) is 12.6 Å². The van der Waals surface area contributed by atoms with E-state index in [1.807, 2.05) is 6.07 Å². The van der Waals surface area contributed by atoms with Gasteiger partial charge in [0.15, 0.2) is 0 Å². The summed E-state index contributed by atoms with van der Waals surface area (Å²) in [6.45, 7) is 5.64. The highest BCUT2D eigenvalue weighted by molar-refractivity contribution is 5.59. The normalized spacial score (nSPS) is 21.1. The summed E-state index contributed by atoms with van der Waals surface area (Å²) >= 11 is 0. The SMILES string of the molecule is CC[C@H]1CCCCN1c1ccc(N)cc1C. The van der Waals surface area contributed by atoms with E-state index in [1.165, 1.54) is 43.5 Å². The monoisotopic (exact) mass is 218 g/mol. The van der Waals surface area contributed by atoms with Crippen molar-refractivity contribution in [1.82, 2.24) is 0 Å². The van der Waals surface area contributed by atoms with Crippen LogP contribution in [0.15, 0.2) is 18.2 Å². The molecule has 2 nitrogen and oxygen atoms in total. The number of nitrogens with two attached hydrogens (primary N) is 1. The predicted octanol–water partition coefficient (Wildman–Crippen LogP) is 3.35. The lowest BCUT2D eigenvalue weighted by molar-refractivity contribution is 0.449. The second kappa shape index (κ2) is 4.77. The molecule has 1 saturated heterocycles. The molecular weight excluding hydrogens is 196 g/mol. The molecule has 0 bridgehead atoms. The predicted molar refractivity (Wildman–Crippen MR) is 70.9 cm³/mol. The zero-order valence-corrected chi connectivity index (χ0v) is 10.4. The van der Waals surface area contributed by atoms with Crippen molar-refractivity contribution in [1.29, 1.82) is 0 Å². The molecule has 0 aliphatic carbocycles. The third kappa shape index (κ3) is 2.16. The maximum Gasteiger partial charge on any atom is 0.0399 e. The van der Waals surface area contributed by atoms with Crippen molar-refractivity contribution < 1.29 is 0 Å². The van der Waals surface area contributed by atoms with Gasteiger partial charge in [-0.05, 0) is 56.4 Å². The summed E-state index contributed by atoms with van der Waals surface area (Å²) in [6.07, 6.45) is 5.27. The van der Waals surface area contributed by atoms with Crippen LogP contribution in [-0.2, 0) is 0 Å². The van der Waals surface area contributed by atoms with Crippen LogP contribution in [0.3, 0.4) is 0 Å². The molecular formula is C14H22N2. The van der Waals surface area contributed by atoms with Crippen LogP contribution >= 0.6 is 0 Å². The number of aryl methyl sites for hydroxylation is 1. The Bertz CT molecular complexity index is 360. The summed E-state index contributed by atoms with van der Waals surface area (Å²) < 4.78 is 0. The first-order valence-electron chi connectivity index (χ1n) is 6.35. The minimum absolute atomic E-state index is 0.719. The summed E-state index contributed by atoms with van der Waals surface area (Å²) in [5, 5.41) is 0. The van der Waals surface area contributed by atoms with E-state index in [-0.39, 0.29) is 0 Å². The molecule has 2 rings (SSSR count). The minimum Gasteiger partial charge on any atom is -0.399 e. The number of anilines is 2. The van der Waals surface area contributed by atoms with Crippen LogP contribution in [0.4, 0.5) is 11.4 Å². The van der Waals surface area contributed by atoms with Gasteiger partial charge in [0.2, 0.25) is 0 Å². The first kappa shape index (κ1) is 11.3. The Morgan fingerprint density at radius 2 is 2.19 bits per heavy atom. The zero-order chi connectivity index (χ0) is 11.5. The van der Waals surface area contributed by atoms with Crippen molar-refractivity contribution in [3.63, 3.8) is 0 Å². The fourth-order valence-corrected chi connectivity index (χ4v) is 2.74. The molecule has 1 fully saturated rings. The number of nitrogens with zero attached hydrogens (tertiary/aromatic N) is 1. The highest BCUT2D eigenvalue weighted by Crippen LogP contribution is 2.29. The van der Waals surface area contributed by atoms with E-state index >= 15 is 0 Å². The van der Waals surface area contributed by atoms with Crippen LogP contribution < -0.4 is 10.6 Å². The Hall–Kier alpha value is -1.18. The molecule has 1 heterocycles. The van der Waals surface area contributed by atoms with Gasteiger partial charge in [0.25, 0.3) is 0 Å².